The Morgan fingerprint density at radius 2 is 2.30 bits per heavy atom. The van der Waals surface area contributed by atoms with E-state index in [-0.39, 0.29) is 5.84 Å². The van der Waals surface area contributed by atoms with Gasteiger partial charge in [0.15, 0.2) is 5.84 Å². The van der Waals surface area contributed by atoms with Gasteiger partial charge in [0, 0.05) is 35.4 Å². The van der Waals surface area contributed by atoms with E-state index in [1.807, 2.05) is 18.2 Å². The van der Waals surface area contributed by atoms with Crippen LogP contribution in [0.3, 0.4) is 0 Å². The van der Waals surface area contributed by atoms with Gasteiger partial charge in [0.25, 0.3) is 0 Å². The number of benzene rings is 1. The van der Waals surface area contributed by atoms with Gasteiger partial charge in [-0.1, -0.05) is 21.1 Å². The highest BCUT2D eigenvalue weighted by Crippen LogP contribution is 2.28. The second kappa shape index (κ2) is 6.45. The number of nitrogens with two attached hydrogens (primary N) is 1. The summed E-state index contributed by atoms with van der Waals surface area (Å²) < 4.78 is 0.984. The summed E-state index contributed by atoms with van der Waals surface area (Å²) in [6.45, 7) is 2.18. The van der Waals surface area contributed by atoms with Crippen LogP contribution in [0.4, 0.5) is 5.69 Å². The molecule has 1 aliphatic heterocycles. The molecule has 2 rings (SSSR count). The van der Waals surface area contributed by atoms with Crippen molar-refractivity contribution in [3.05, 3.63) is 28.2 Å². The molecule has 1 aliphatic rings. The number of halogens is 1. The highest BCUT2D eigenvalue weighted by atomic mass is 79.9. The Balaban J connectivity index is 2.32. The minimum Gasteiger partial charge on any atom is -0.409 e. The Hall–Kier alpha value is -1.27. The molecule has 1 heterocycles. The van der Waals surface area contributed by atoms with Crippen molar-refractivity contribution < 1.29 is 5.21 Å². The van der Waals surface area contributed by atoms with Crippen molar-refractivity contribution >= 4 is 27.5 Å². The van der Waals surface area contributed by atoms with Gasteiger partial charge < -0.3 is 20.7 Å². The van der Waals surface area contributed by atoms with E-state index in [0.29, 0.717) is 6.04 Å². The maximum atomic E-state index is 8.94. The first-order chi connectivity index (χ1) is 9.52. The number of anilines is 1. The van der Waals surface area contributed by atoms with Gasteiger partial charge in [0.1, 0.15) is 0 Å². The van der Waals surface area contributed by atoms with Crippen LogP contribution in [-0.4, -0.2) is 49.2 Å². The van der Waals surface area contributed by atoms with Gasteiger partial charge in [0.2, 0.25) is 0 Å². The van der Waals surface area contributed by atoms with Crippen LogP contribution in [0.25, 0.3) is 0 Å². The maximum Gasteiger partial charge on any atom is 0.172 e. The molecule has 20 heavy (non-hydrogen) atoms. The molecule has 1 aromatic rings. The standard InChI is InChI=1S/C14H21BrN4O/c1-18-7-3-4-11(9-18)19(2)13-8-10(15)5-6-12(13)14(16)17-20/h5-6,8,11,20H,3-4,7,9H2,1-2H3,(H2,16,17). The first kappa shape index (κ1) is 15.1. The quantitative estimate of drug-likeness (QED) is 0.382. The van der Waals surface area contributed by atoms with E-state index in [1.165, 1.54) is 6.42 Å². The second-order valence-corrected chi connectivity index (χ2v) is 6.23. The zero-order valence-corrected chi connectivity index (χ0v) is 13.5. The lowest BCUT2D eigenvalue weighted by Gasteiger charge is -2.37. The summed E-state index contributed by atoms with van der Waals surface area (Å²) in [5, 5.41) is 12.1. The van der Waals surface area contributed by atoms with Crippen LogP contribution in [-0.2, 0) is 0 Å². The number of oxime groups is 1. The van der Waals surface area contributed by atoms with E-state index in [2.05, 4.69) is 45.0 Å². The minimum absolute atomic E-state index is 0.142. The lowest BCUT2D eigenvalue weighted by Crippen LogP contribution is -2.45. The van der Waals surface area contributed by atoms with Gasteiger partial charge in [-0.25, -0.2) is 0 Å². The lowest BCUT2D eigenvalue weighted by atomic mass is 10.0. The highest BCUT2D eigenvalue weighted by Gasteiger charge is 2.23. The Morgan fingerprint density at radius 3 is 2.95 bits per heavy atom. The Labute approximate surface area is 128 Å². The fraction of sp³-hybridized carbons (Fsp3) is 0.500. The molecule has 1 fully saturated rings. The molecule has 0 spiro atoms. The van der Waals surface area contributed by atoms with Crippen LogP contribution in [0.5, 0.6) is 0 Å². The topological polar surface area (TPSA) is 65.1 Å². The largest absolute Gasteiger partial charge is 0.409 e. The van der Waals surface area contributed by atoms with Gasteiger partial charge in [-0.2, -0.15) is 0 Å². The summed E-state index contributed by atoms with van der Waals surface area (Å²) in [6.07, 6.45) is 2.35. The fourth-order valence-electron chi connectivity index (χ4n) is 2.72. The lowest BCUT2D eigenvalue weighted by molar-refractivity contribution is 0.248. The fourth-order valence-corrected chi connectivity index (χ4v) is 3.07. The van der Waals surface area contributed by atoms with Crippen LogP contribution in [0, 0.1) is 0 Å². The van der Waals surface area contributed by atoms with Crippen molar-refractivity contribution in [1.82, 2.24) is 4.90 Å². The first-order valence-electron chi connectivity index (χ1n) is 6.71. The molecule has 0 bridgehead atoms. The van der Waals surface area contributed by atoms with Gasteiger partial charge in [-0.3, -0.25) is 0 Å². The number of piperidine rings is 1. The van der Waals surface area contributed by atoms with Crippen LogP contribution in [0.1, 0.15) is 18.4 Å². The first-order valence-corrected chi connectivity index (χ1v) is 7.51. The van der Waals surface area contributed by atoms with Gasteiger partial charge in [0.05, 0.1) is 0 Å². The molecular formula is C14H21BrN4O. The van der Waals surface area contributed by atoms with E-state index in [1.54, 1.807) is 0 Å². The molecule has 0 radical (unpaired) electrons. The number of nitrogens with zero attached hydrogens (tertiary/aromatic N) is 3. The zero-order chi connectivity index (χ0) is 14.7. The van der Waals surface area contributed by atoms with Crippen molar-refractivity contribution in [3.8, 4) is 0 Å². The normalized spacial score (nSPS) is 20.9. The SMILES string of the molecule is CN1CCCC(N(C)c2cc(Br)ccc2/C(N)=N/O)C1. The molecule has 6 heteroatoms. The number of likely N-dealkylation sites (tertiary alicyclic amines) is 1. The third kappa shape index (κ3) is 3.24. The van der Waals surface area contributed by atoms with Crippen molar-refractivity contribution in [2.45, 2.75) is 18.9 Å². The minimum atomic E-state index is 0.142. The molecule has 1 unspecified atom stereocenters. The van der Waals surface area contributed by atoms with Gasteiger partial charge in [-0.05, 0) is 44.6 Å². The molecule has 110 valence electrons. The summed E-state index contributed by atoms with van der Waals surface area (Å²) >= 11 is 3.49. The second-order valence-electron chi connectivity index (χ2n) is 5.32. The Bertz CT molecular complexity index is 506. The number of rotatable bonds is 3. The molecule has 0 aromatic heterocycles. The van der Waals surface area contributed by atoms with Crippen molar-refractivity contribution in [2.75, 3.05) is 32.1 Å². The van der Waals surface area contributed by atoms with E-state index in [9.17, 15) is 0 Å². The van der Waals surface area contributed by atoms with Crippen LogP contribution < -0.4 is 10.6 Å². The van der Waals surface area contributed by atoms with E-state index < -0.39 is 0 Å². The summed E-state index contributed by atoms with van der Waals surface area (Å²) in [4.78, 5) is 4.57. The number of likely N-dealkylation sites (N-methyl/N-ethyl adjacent to an activating group) is 2. The number of hydrogen-bond donors (Lipinski definition) is 2. The summed E-state index contributed by atoms with van der Waals surface area (Å²) in [6, 6.07) is 6.23. The molecular weight excluding hydrogens is 320 g/mol. The Kier molecular flexibility index (Phi) is 4.88. The summed E-state index contributed by atoms with van der Waals surface area (Å²) in [7, 11) is 4.21. The van der Waals surface area contributed by atoms with Crippen LogP contribution in [0.15, 0.2) is 27.8 Å². The van der Waals surface area contributed by atoms with Crippen molar-refractivity contribution in [1.29, 1.82) is 0 Å². The predicted octanol–water partition coefficient (Wildman–Crippen LogP) is 2.07. The van der Waals surface area contributed by atoms with Crippen molar-refractivity contribution in [2.24, 2.45) is 10.9 Å². The monoisotopic (exact) mass is 340 g/mol. The average molecular weight is 341 g/mol. The van der Waals surface area contributed by atoms with Crippen molar-refractivity contribution in [3.63, 3.8) is 0 Å². The molecule has 0 aliphatic carbocycles. The van der Waals surface area contributed by atoms with E-state index in [4.69, 9.17) is 10.9 Å². The molecule has 0 amide bonds. The smallest absolute Gasteiger partial charge is 0.172 e. The Morgan fingerprint density at radius 1 is 1.55 bits per heavy atom. The number of amidine groups is 1. The average Bonchev–Trinajstić information content (AvgIpc) is 2.45. The molecule has 5 nitrogen and oxygen atoms in total. The van der Waals surface area contributed by atoms with Crippen LogP contribution in [0.2, 0.25) is 0 Å². The number of hydrogen-bond acceptors (Lipinski definition) is 4. The maximum absolute atomic E-state index is 8.94. The van der Waals surface area contributed by atoms with E-state index in [0.717, 1.165) is 35.2 Å². The summed E-state index contributed by atoms with van der Waals surface area (Å²) in [5.41, 5.74) is 7.52. The molecule has 3 N–H and O–H groups in total. The predicted molar refractivity (Wildman–Crippen MR) is 85.6 cm³/mol. The molecule has 1 saturated heterocycles. The summed E-state index contributed by atoms with van der Waals surface area (Å²) in [5.74, 6) is 0.142. The molecule has 1 atom stereocenters. The van der Waals surface area contributed by atoms with Crippen LogP contribution >= 0.6 is 15.9 Å². The van der Waals surface area contributed by atoms with Gasteiger partial charge >= 0.3 is 0 Å². The zero-order valence-electron chi connectivity index (χ0n) is 11.9. The third-order valence-corrected chi connectivity index (χ3v) is 4.36. The van der Waals surface area contributed by atoms with Gasteiger partial charge in [-0.15, -0.1) is 0 Å². The molecule has 1 aromatic carbocycles. The van der Waals surface area contributed by atoms with E-state index >= 15 is 0 Å². The molecule has 0 saturated carbocycles. The highest BCUT2D eigenvalue weighted by molar-refractivity contribution is 9.10. The third-order valence-electron chi connectivity index (χ3n) is 3.87.